The average molecular weight is 328 g/mol. The summed E-state index contributed by atoms with van der Waals surface area (Å²) < 4.78 is 1.85. The first-order chi connectivity index (χ1) is 11.5. The summed E-state index contributed by atoms with van der Waals surface area (Å²) in [6.45, 7) is 5.55. The van der Waals surface area contributed by atoms with Gasteiger partial charge in [0.15, 0.2) is 5.69 Å². The van der Waals surface area contributed by atoms with Gasteiger partial charge >= 0.3 is 5.97 Å². The molecule has 0 radical (unpaired) electrons. The molecule has 0 aliphatic heterocycles. The van der Waals surface area contributed by atoms with Crippen LogP contribution in [0.3, 0.4) is 0 Å². The highest BCUT2D eigenvalue weighted by Gasteiger charge is 2.30. The molecule has 1 aliphatic rings. The van der Waals surface area contributed by atoms with Crippen LogP contribution >= 0.6 is 0 Å². The Bertz CT molecular complexity index is 753. The van der Waals surface area contributed by atoms with Crippen LogP contribution in [0.5, 0.6) is 0 Å². The van der Waals surface area contributed by atoms with Crippen LogP contribution in [0.1, 0.15) is 46.3 Å². The lowest BCUT2D eigenvalue weighted by Gasteiger charge is -2.31. The maximum atomic E-state index is 11.5. The Balaban J connectivity index is 1.79. The number of rotatable bonds is 5. The molecular formula is C18H24N4O2. The fourth-order valence-corrected chi connectivity index (χ4v) is 3.60. The summed E-state index contributed by atoms with van der Waals surface area (Å²) in [5.74, 6) is -0.925. The molecule has 128 valence electrons. The van der Waals surface area contributed by atoms with E-state index in [2.05, 4.69) is 28.1 Å². The van der Waals surface area contributed by atoms with E-state index in [1.807, 2.05) is 30.8 Å². The number of aryl methyl sites for hydroxylation is 2. The van der Waals surface area contributed by atoms with Crippen molar-refractivity contribution >= 4 is 5.97 Å². The number of hydrogen-bond acceptors (Lipinski definition) is 4. The molecule has 6 heteroatoms. The van der Waals surface area contributed by atoms with Crippen LogP contribution in [0.2, 0.25) is 0 Å². The second kappa shape index (κ2) is 6.73. The van der Waals surface area contributed by atoms with E-state index < -0.39 is 5.97 Å². The first-order valence-corrected chi connectivity index (χ1v) is 8.43. The summed E-state index contributed by atoms with van der Waals surface area (Å²) in [4.78, 5) is 18.1. The van der Waals surface area contributed by atoms with E-state index in [1.165, 1.54) is 5.56 Å². The smallest absolute Gasteiger partial charge is 0.356 e. The third kappa shape index (κ3) is 3.19. The Kier molecular flexibility index (Phi) is 4.66. The monoisotopic (exact) mass is 328 g/mol. The van der Waals surface area contributed by atoms with Gasteiger partial charge in [-0.15, -0.1) is 0 Å². The number of aromatic carboxylic acids is 1. The lowest BCUT2D eigenvalue weighted by molar-refractivity contribution is 0.0687. The number of hydrogen-bond donors (Lipinski definition) is 1. The van der Waals surface area contributed by atoms with Crippen LogP contribution in [0, 0.1) is 6.92 Å². The van der Waals surface area contributed by atoms with Crippen molar-refractivity contribution in [3.05, 3.63) is 46.5 Å². The Morgan fingerprint density at radius 1 is 1.50 bits per heavy atom. The number of nitrogens with zero attached hydrogens (tertiary/aromatic N) is 4. The highest BCUT2D eigenvalue weighted by Crippen LogP contribution is 2.28. The maximum Gasteiger partial charge on any atom is 0.356 e. The molecule has 2 aromatic rings. The zero-order valence-corrected chi connectivity index (χ0v) is 14.5. The van der Waals surface area contributed by atoms with Gasteiger partial charge in [-0.3, -0.25) is 14.6 Å². The van der Waals surface area contributed by atoms with Gasteiger partial charge < -0.3 is 5.11 Å². The van der Waals surface area contributed by atoms with Gasteiger partial charge in [-0.2, -0.15) is 5.10 Å². The van der Waals surface area contributed by atoms with Crippen molar-refractivity contribution in [1.82, 2.24) is 19.7 Å². The average Bonchev–Trinajstić information content (AvgIpc) is 2.93. The second-order valence-corrected chi connectivity index (χ2v) is 6.51. The summed E-state index contributed by atoms with van der Waals surface area (Å²) >= 11 is 0. The molecule has 0 bridgehead atoms. The third-order valence-electron chi connectivity index (χ3n) is 4.84. The minimum atomic E-state index is -0.925. The standard InChI is InChI=1S/C18H24N4O2/c1-4-22-16-6-5-14(10-15(16)17(20-22)18(23)24)21(3)11-13-7-8-19-12(2)9-13/h7-9,14H,4-6,10-11H2,1-3H3,(H,23,24)/t14-/m0/s1. The van der Waals surface area contributed by atoms with Crippen molar-refractivity contribution < 1.29 is 9.90 Å². The van der Waals surface area contributed by atoms with E-state index in [0.29, 0.717) is 12.6 Å². The molecule has 0 unspecified atom stereocenters. The van der Waals surface area contributed by atoms with E-state index in [-0.39, 0.29) is 5.69 Å². The minimum absolute atomic E-state index is 0.227. The van der Waals surface area contributed by atoms with Crippen molar-refractivity contribution in [3.8, 4) is 0 Å². The van der Waals surface area contributed by atoms with Crippen molar-refractivity contribution in [2.45, 2.75) is 52.2 Å². The van der Waals surface area contributed by atoms with Gasteiger partial charge in [-0.05, 0) is 57.9 Å². The molecule has 2 aromatic heterocycles. The number of carbonyl (C=O) groups is 1. The summed E-state index contributed by atoms with van der Waals surface area (Å²) in [5.41, 5.74) is 4.49. The molecule has 0 aromatic carbocycles. The van der Waals surface area contributed by atoms with Crippen molar-refractivity contribution in [3.63, 3.8) is 0 Å². The number of carboxylic acids is 1. The highest BCUT2D eigenvalue weighted by atomic mass is 16.4. The molecule has 0 spiro atoms. The van der Waals surface area contributed by atoms with Crippen LogP contribution in [-0.2, 0) is 25.9 Å². The molecule has 0 saturated carbocycles. The molecule has 0 saturated heterocycles. The Labute approximate surface area is 142 Å². The summed E-state index contributed by atoms with van der Waals surface area (Å²) in [6.07, 6.45) is 4.50. The summed E-state index contributed by atoms with van der Waals surface area (Å²) in [6, 6.07) is 4.47. The van der Waals surface area contributed by atoms with Gasteiger partial charge in [0, 0.05) is 42.3 Å². The van der Waals surface area contributed by atoms with E-state index in [0.717, 1.165) is 42.8 Å². The number of likely N-dealkylation sites (N-methyl/N-ethyl adjacent to an activating group) is 1. The molecule has 1 atom stereocenters. The third-order valence-corrected chi connectivity index (χ3v) is 4.84. The zero-order chi connectivity index (χ0) is 17.3. The second-order valence-electron chi connectivity index (χ2n) is 6.51. The lowest BCUT2D eigenvalue weighted by Crippen LogP contribution is -2.36. The molecule has 6 nitrogen and oxygen atoms in total. The normalized spacial score (nSPS) is 17.1. The molecule has 0 amide bonds. The Hall–Kier alpha value is -2.21. The lowest BCUT2D eigenvalue weighted by atomic mass is 9.90. The van der Waals surface area contributed by atoms with E-state index in [1.54, 1.807) is 0 Å². The fourth-order valence-electron chi connectivity index (χ4n) is 3.60. The van der Waals surface area contributed by atoms with Crippen molar-refractivity contribution in [2.24, 2.45) is 0 Å². The van der Waals surface area contributed by atoms with Crippen molar-refractivity contribution in [1.29, 1.82) is 0 Å². The largest absolute Gasteiger partial charge is 0.476 e. The van der Waals surface area contributed by atoms with Gasteiger partial charge in [0.05, 0.1) is 0 Å². The Morgan fingerprint density at radius 3 is 2.96 bits per heavy atom. The predicted molar refractivity (Wildman–Crippen MR) is 91.1 cm³/mol. The minimum Gasteiger partial charge on any atom is -0.476 e. The summed E-state index contributed by atoms with van der Waals surface area (Å²) in [7, 11) is 2.11. The van der Waals surface area contributed by atoms with Crippen LogP contribution in [0.25, 0.3) is 0 Å². The van der Waals surface area contributed by atoms with Gasteiger partial charge in [-0.25, -0.2) is 4.79 Å². The highest BCUT2D eigenvalue weighted by molar-refractivity contribution is 5.87. The zero-order valence-electron chi connectivity index (χ0n) is 14.5. The quantitative estimate of drug-likeness (QED) is 0.912. The number of aromatic nitrogens is 3. The molecule has 0 fully saturated rings. The SMILES string of the molecule is CCn1nc(C(=O)O)c2c1CC[C@H](N(C)Cc1ccnc(C)c1)C2. The molecule has 1 N–H and O–H groups in total. The van der Waals surface area contributed by atoms with E-state index in [9.17, 15) is 9.90 Å². The van der Waals surface area contributed by atoms with E-state index >= 15 is 0 Å². The van der Waals surface area contributed by atoms with Gasteiger partial charge in [0.25, 0.3) is 0 Å². The maximum absolute atomic E-state index is 11.5. The topological polar surface area (TPSA) is 71.2 Å². The molecule has 24 heavy (non-hydrogen) atoms. The molecular weight excluding hydrogens is 304 g/mol. The Morgan fingerprint density at radius 2 is 2.29 bits per heavy atom. The van der Waals surface area contributed by atoms with Crippen LogP contribution in [0.4, 0.5) is 0 Å². The first-order valence-electron chi connectivity index (χ1n) is 8.43. The number of fused-ring (bicyclic) bond motifs is 1. The fraction of sp³-hybridized carbons (Fsp3) is 0.500. The van der Waals surface area contributed by atoms with Crippen LogP contribution in [0.15, 0.2) is 18.3 Å². The van der Waals surface area contributed by atoms with Gasteiger partial charge in [-0.1, -0.05) is 0 Å². The van der Waals surface area contributed by atoms with E-state index in [4.69, 9.17) is 0 Å². The van der Waals surface area contributed by atoms with Crippen LogP contribution < -0.4 is 0 Å². The molecule has 2 heterocycles. The number of pyridine rings is 1. The first kappa shape index (κ1) is 16.6. The van der Waals surface area contributed by atoms with Gasteiger partial charge in [0.1, 0.15) is 0 Å². The predicted octanol–water partition coefficient (Wildman–Crippen LogP) is 2.29. The van der Waals surface area contributed by atoms with Crippen molar-refractivity contribution in [2.75, 3.05) is 7.05 Å². The summed E-state index contributed by atoms with van der Waals surface area (Å²) in [5, 5.41) is 13.7. The number of carboxylic acid groups (broad SMARTS) is 1. The van der Waals surface area contributed by atoms with Crippen LogP contribution in [-0.4, -0.2) is 43.8 Å². The van der Waals surface area contributed by atoms with Gasteiger partial charge in [0.2, 0.25) is 0 Å². The molecule has 3 rings (SSSR count). The molecule has 1 aliphatic carbocycles.